The highest BCUT2D eigenvalue weighted by Crippen LogP contribution is 2.28. The van der Waals surface area contributed by atoms with Crippen molar-refractivity contribution in [3.05, 3.63) is 46.9 Å². The van der Waals surface area contributed by atoms with Gasteiger partial charge in [-0.3, -0.25) is 19.9 Å². The molecular formula is C20H20FN5O2S. The van der Waals surface area contributed by atoms with Crippen molar-refractivity contribution < 1.29 is 14.0 Å². The van der Waals surface area contributed by atoms with Gasteiger partial charge < -0.3 is 9.80 Å². The fraction of sp³-hybridized carbons (Fsp3) is 0.300. The predicted octanol–water partition coefficient (Wildman–Crippen LogP) is 2.75. The monoisotopic (exact) mass is 413 g/mol. The Morgan fingerprint density at radius 3 is 2.79 bits per heavy atom. The van der Waals surface area contributed by atoms with E-state index in [1.165, 1.54) is 12.1 Å². The summed E-state index contributed by atoms with van der Waals surface area (Å²) in [6, 6.07) is 4.68. The molecule has 2 amide bonds. The van der Waals surface area contributed by atoms with Gasteiger partial charge in [-0.2, -0.15) is 0 Å². The van der Waals surface area contributed by atoms with Crippen LogP contribution in [0.4, 0.5) is 15.0 Å². The van der Waals surface area contributed by atoms with E-state index >= 15 is 0 Å². The van der Waals surface area contributed by atoms with Crippen LogP contribution in [0.3, 0.4) is 0 Å². The molecule has 29 heavy (non-hydrogen) atoms. The number of halogens is 1. The maximum atomic E-state index is 14.6. The Morgan fingerprint density at radius 1 is 1.17 bits per heavy atom. The minimum absolute atomic E-state index is 0.176. The van der Waals surface area contributed by atoms with Gasteiger partial charge in [0.15, 0.2) is 0 Å². The lowest BCUT2D eigenvalue weighted by Gasteiger charge is -2.21. The summed E-state index contributed by atoms with van der Waals surface area (Å²) in [7, 11) is 2.11. The van der Waals surface area contributed by atoms with Crippen LogP contribution < -0.4 is 10.2 Å². The van der Waals surface area contributed by atoms with Crippen LogP contribution >= 0.6 is 11.8 Å². The second kappa shape index (κ2) is 8.30. The third-order valence-electron chi connectivity index (χ3n) is 4.89. The number of carbonyl (C=O) groups excluding carboxylic acids is 2. The number of carbonyl (C=O) groups is 2. The number of aromatic nitrogens is 2. The van der Waals surface area contributed by atoms with Crippen molar-refractivity contribution in [2.75, 3.05) is 38.1 Å². The van der Waals surface area contributed by atoms with Crippen LogP contribution in [0.2, 0.25) is 0 Å². The second-order valence-electron chi connectivity index (χ2n) is 6.99. The second-order valence-corrected chi connectivity index (χ2v) is 8.01. The molecule has 1 N–H and O–H groups in total. The highest BCUT2D eigenvalue weighted by molar-refractivity contribution is 8.18. The Balaban J connectivity index is 1.58. The largest absolute Gasteiger partial charge is 0.354 e. The van der Waals surface area contributed by atoms with Crippen molar-refractivity contribution in [2.24, 2.45) is 0 Å². The standard InChI is InChI=1S/C20H20FN5O2S/c1-25-5-2-6-26(8-7-25)18-12-22-11-16(23-18)14-4-3-13(15(21)9-14)10-17-19(27)24-20(28)29-17/h3-4,9-12H,2,5-8H2,1H3,(H,24,27,28). The van der Waals surface area contributed by atoms with E-state index in [0.717, 1.165) is 50.2 Å². The number of hydrogen-bond donors (Lipinski definition) is 1. The number of hydrogen-bond acceptors (Lipinski definition) is 7. The molecule has 0 atom stereocenters. The number of nitrogens with one attached hydrogen (secondary N) is 1. The first-order chi connectivity index (χ1) is 14.0. The number of benzene rings is 1. The molecule has 2 aliphatic rings. The molecule has 0 saturated carbocycles. The van der Waals surface area contributed by atoms with Gasteiger partial charge in [0.25, 0.3) is 11.1 Å². The first-order valence-electron chi connectivity index (χ1n) is 9.30. The summed E-state index contributed by atoms with van der Waals surface area (Å²) >= 11 is 0.761. The molecule has 150 valence electrons. The zero-order valence-electron chi connectivity index (χ0n) is 15.9. The smallest absolute Gasteiger partial charge is 0.290 e. The van der Waals surface area contributed by atoms with Gasteiger partial charge in [0.2, 0.25) is 0 Å². The van der Waals surface area contributed by atoms with Crippen molar-refractivity contribution in [3.63, 3.8) is 0 Å². The maximum Gasteiger partial charge on any atom is 0.290 e. The fourth-order valence-corrected chi connectivity index (χ4v) is 3.96. The van der Waals surface area contributed by atoms with Crippen LogP contribution in [0.25, 0.3) is 17.3 Å². The molecular weight excluding hydrogens is 393 g/mol. The number of thioether (sulfide) groups is 1. The molecule has 0 spiro atoms. The highest BCUT2D eigenvalue weighted by atomic mass is 32.2. The summed E-state index contributed by atoms with van der Waals surface area (Å²) in [6.45, 7) is 3.78. The van der Waals surface area contributed by atoms with Gasteiger partial charge in [0.1, 0.15) is 11.6 Å². The SMILES string of the molecule is CN1CCCN(c2cncc(-c3ccc(C=C4SC(=O)NC4=O)c(F)c3)n2)CC1. The quantitative estimate of drug-likeness (QED) is 0.775. The molecule has 2 fully saturated rings. The Kier molecular flexibility index (Phi) is 5.59. The summed E-state index contributed by atoms with van der Waals surface area (Å²) in [6.07, 6.45) is 5.77. The topological polar surface area (TPSA) is 78.4 Å². The van der Waals surface area contributed by atoms with E-state index in [0.29, 0.717) is 11.3 Å². The van der Waals surface area contributed by atoms with Crippen LogP contribution in [-0.2, 0) is 4.79 Å². The van der Waals surface area contributed by atoms with Crippen LogP contribution in [0.1, 0.15) is 12.0 Å². The Labute approximate surface area is 172 Å². The van der Waals surface area contributed by atoms with Gasteiger partial charge in [0.05, 0.1) is 23.0 Å². The number of anilines is 1. The van der Waals surface area contributed by atoms with Crippen LogP contribution in [0.15, 0.2) is 35.5 Å². The molecule has 0 radical (unpaired) electrons. The van der Waals surface area contributed by atoms with Crippen molar-refractivity contribution in [1.29, 1.82) is 0 Å². The van der Waals surface area contributed by atoms with Crippen molar-refractivity contribution in [3.8, 4) is 11.3 Å². The first-order valence-corrected chi connectivity index (χ1v) is 10.1. The lowest BCUT2D eigenvalue weighted by molar-refractivity contribution is -0.115. The fourth-order valence-electron chi connectivity index (χ4n) is 3.29. The van der Waals surface area contributed by atoms with Crippen molar-refractivity contribution in [2.45, 2.75) is 6.42 Å². The van der Waals surface area contributed by atoms with E-state index in [1.807, 2.05) is 0 Å². The molecule has 0 bridgehead atoms. The zero-order valence-corrected chi connectivity index (χ0v) is 16.7. The molecule has 0 aliphatic carbocycles. The molecule has 0 unspecified atom stereocenters. The van der Waals surface area contributed by atoms with E-state index in [-0.39, 0.29) is 10.5 Å². The van der Waals surface area contributed by atoms with Gasteiger partial charge in [0, 0.05) is 30.8 Å². The molecule has 3 heterocycles. The van der Waals surface area contributed by atoms with E-state index in [1.54, 1.807) is 24.5 Å². The summed E-state index contributed by atoms with van der Waals surface area (Å²) in [5, 5.41) is 1.70. The number of amides is 2. The third kappa shape index (κ3) is 4.46. The minimum Gasteiger partial charge on any atom is -0.354 e. The van der Waals surface area contributed by atoms with E-state index in [4.69, 9.17) is 0 Å². The highest BCUT2D eigenvalue weighted by Gasteiger charge is 2.25. The summed E-state index contributed by atoms with van der Waals surface area (Å²) in [5.74, 6) is -0.224. The average Bonchev–Trinajstić information content (AvgIpc) is 2.88. The Hall–Kier alpha value is -2.78. The average molecular weight is 413 g/mol. The lowest BCUT2D eigenvalue weighted by Crippen LogP contribution is -2.29. The number of nitrogens with zero attached hydrogens (tertiary/aromatic N) is 4. The third-order valence-corrected chi connectivity index (χ3v) is 5.70. The van der Waals surface area contributed by atoms with Gasteiger partial charge >= 0.3 is 0 Å². The van der Waals surface area contributed by atoms with Gasteiger partial charge in [-0.1, -0.05) is 12.1 Å². The summed E-state index contributed by atoms with van der Waals surface area (Å²) in [5.41, 5.74) is 1.42. The molecule has 2 saturated heterocycles. The molecule has 2 aromatic rings. The molecule has 4 rings (SSSR count). The molecule has 7 nitrogen and oxygen atoms in total. The molecule has 9 heteroatoms. The van der Waals surface area contributed by atoms with Crippen molar-refractivity contribution >= 4 is 34.8 Å². The molecule has 2 aliphatic heterocycles. The van der Waals surface area contributed by atoms with Crippen LogP contribution in [-0.4, -0.2) is 59.2 Å². The van der Waals surface area contributed by atoms with Crippen LogP contribution in [0.5, 0.6) is 0 Å². The van der Waals surface area contributed by atoms with E-state index in [9.17, 15) is 14.0 Å². The molecule has 1 aromatic heterocycles. The Bertz CT molecular complexity index is 997. The van der Waals surface area contributed by atoms with Crippen LogP contribution in [0, 0.1) is 5.82 Å². The zero-order chi connectivity index (χ0) is 20.4. The minimum atomic E-state index is -0.509. The van der Waals surface area contributed by atoms with Crippen molar-refractivity contribution in [1.82, 2.24) is 20.2 Å². The normalized spacial score (nSPS) is 19.5. The lowest BCUT2D eigenvalue weighted by atomic mass is 10.1. The number of likely N-dealkylation sites (N-methyl/N-ethyl adjacent to an activating group) is 1. The number of rotatable bonds is 3. The van der Waals surface area contributed by atoms with Gasteiger partial charge in [-0.15, -0.1) is 0 Å². The maximum absolute atomic E-state index is 14.6. The number of imide groups is 1. The molecule has 1 aromatic carbocycles. The van der Waals surface area contributed by atoms with Gasteiger partial charge in [-0.05, 0) is 43.9 Å². The summed E-state index contributed by atoms with van der Waals surface area (Å²) in [4.78, 5) is 36.5. The van der Waals surface area contributed by atoms with E-state index in [2.05, 4.69) is 32.1 Å². The van der Waals surface area contributed by atoms with Gasteiger partial charge in [-0.25, -0.2) is 9.37 Å². The Morgan fingerprint density at radius 2 is 2.03 bits per heavy atom. The summed E-state index contributed by atoms with van der Waals surface area (Å²) < 4.78 is 14.6. The first kappa shape index (κ1) is 19.5. The predicted molar refractivity (Wildman–Crippen MR) is 111 cm³/mol. The van der Waals surface area contributed by atoms with E-state index < -0.39 is 17.0 Å².